The van der Waals surface area contributed by atoms with Crippen molar-refractivity contribution in [1.82, 2.24) is 0 Å². The molecule has 0 aromatic heterocycles. The lowest BCUT2D eigenvalue weighted by Crippen LogP contribution is -2.44. The van der Waals surface area contributed by atoms with Crippen molar-refractivity contribution in [1.29, 1.82) is 0 Å². The summed E-state index contributed by atoms with van der Waals surface area (Å²) in [6.45, 7) is 4.47. The number of unbranched alkanes of at least 4 members (excludes halogenated alkanes) is 27. The van der Waals surface area contributed by atoms with E-state index in [0.717, 1.165) is 128 Å². The quantitative estimate of drug-likeness (QED) is 0.0195. The van der Waals surface area contributed by atoms with Crippen LogP contribution in [0.4, 0.5) is 0 Å². The molecule has 0 saturated heterocycles. The second kappa shape index (κ2) is 78.1. The van der Waals surface area contributed by atoms with Crippen LogP contribution in [0.5, 0.6) is 0 Å². The van der Waals surface area contributed by atoms with E-state index in [-0.39, 0.29) is 38.6 Å². The Morgan fingerprint density at radius 2 is 0.545 bits per heavy atom. The number of likely N-dealkylation sites (N-methyl/N-ethyl adjacent to an activating group) is 1. The van der Waals surface area contributed by atoms with Gasteiger partial charge < -0.3 is 33.3 Å². The number of ether oxygens (including phenoxy) is 4. The number of esters is 2. The summed E-state index contributed by atoms with van der Waals surface area (Å²) in [7, 11) is 5.91. The SMILES string of the molecule is CC/C=C\C/C=C\C/C=C\C/C=C\C/C=C\C/C=C\C/C=C\C/C=C\C/C=C\C/C=C\CCCCC(=O)OC(COC(=O)CCCCCCCCCCCCCCCCCCCCCCCCCCC/C=C\C/C=C\C/C=C\C/C=C\C/C=C\CC)COC(OCC[N+](C)(C)C)C(=O)[O-]. The number of nitrogens with zero attached hydrogens (tertiary/aromatic N) is 1. The molecular formula is C90H147NO8. The minimum absolute atomic E-state index is 0.131. The number of quaternary nitrogens is 1. The highest BCUT2D eigenvalue weighted by molar-refractivity contribution is 5.70. The fourth-order valence-corrected chi connectivity index (χ4v) is 10.7. The molecule has 0 aliphatic rings. The molecule has 9 heteroatoms. The predicted octanol–water partition coefficient (Wildman–Crippen LogP) is 24.6. The lowest BCUT2D eigenvalue weighted by Gasteiger charge is -2.26. The van der Waals surface area contributed by atoms with Crippen LogP contribution in [-0.2, 0) is 33.3 Å². The summed E-state index contributed by atoms with van der Waals surface area (Å²) in [5, 5.41) is 11.9. The number of carbonyl (C=O) groups is 3. The van der Waals surface area contributed by atoms with Gasteiger partial charge in [0, 0.05) is 12.8 Å². The molecular weight excluding hydrogens is 1220 g/mol. The van der Waals surface area contributed by atoms with Gasteiger partial charge >= 0.3 is 11.9 Å². The van der Waals surface area contributed by atoms with Crippen LogP contribution in [0.25, 0.3) is 0 Å². The molecule has 0 aliphatic heterocycles. The maximum Gasteiger partial charge on any atom is 0.306 e. The molecule has 560 valence electrons. The third-order valence-corrected chi connectivity index (χ3v) is 16.6. The van der Waals surface area contributed by atoms with E-state index < -0.39 is 24.3 Å². The van der Waals surface area contributed by atoms with Crippen LogP contribution in [-0.4, -0.2) is 82.3 Å². The Bertz CT molecular complexity index is 2290. The second-order valence-electron chi connectivity index (χ2n) is 27.2. The molecule has 0 bridgehead atoms. The third kappa shape index (κ3) is 79.6. The van der Waals surface area contributed by atoms with Crippen molar-refractivity contribution in [2.45, 2.75) is 322 Å². The van der Waals surface area contributed by atoms with E-state index in [0.29, 0.717) is 17.4 Å². The van der Waals surface area contributed by atoms with E-state index in [1.54, 1.807) is 0 Å². The molecule has 2 atom stereocenters. The Labute approximate surface area is 609 Å². The van der Waals surface area contributed by atoms with E-state index in [2.05, 4.69) is 196 Å². The predicted molar refractivity (Wildman–Crippen MR) is 425 cm³/mol. The van der Waals surface area contributed by atoms with Gasteiger partial charge in [-0.05, 0) is 135 Å². The highest BCUT2D eigenvalue weighted by atomic mass is 16.7. The summed E-state index contributed by atoms with van der Waals surface area (Å²) in [6.07, 6.45) is 116. The standard InChI is InChI=1S/C90H147NO8/c1-6-8-10-12-14-16-18-20-22-24-26-28-30-32-34-36-38-40-41-42-43-44-45-46-47-49-50-52-54-56-58-60-62-64-66-68-70-72-74-76-78-80-87(92)97-84-86(85-98-90(89(94)95)96-83-82-91(3,4)5)99-88(93)81-79-77-75-73-71-69-67-65-63-61-59-57-55-53-51-48-39-37-35-33-31-29-27-25-23-21-19-17-15-13-11-9-7-2/h8-11,14-17,20-23,26-29,32-35,39,48,53,55,59,61,65,67,71,73,86,90H,6-7,12-13,18-19,24-25,30-31,36-38,40-47,49-52,54,56-58,60,62-64,66,68-70,72,74-85H2,1-5H3/b10-8-,11-9-,16-14-,17-15-,22-20-,23-21-,28-26-,29-27-,34-32-,35-33-,48-39-,55-53-,61-59-,67-65-,73-71-. The van der Waals surface area contributed by atoms with Crippen LogP contribution in [0.3, 0.4) is 0 Å². The van der Waals surface area contributed by atoms with Gasteiger partial charge in [0.2, 0.25) is 0 Å². The van der Waals surface area contributed by atoms with Gasteiger partial charge in [0.05, 0.1) is 40.3 Å². The molecule has 2 unspecified atom stereocenters. The summed E-state index contributed by atoms with van der Waals surface area (Å²) >= 11 is 0. The molecule has 0 rings (SSSR count). The van der Waals surface area contributed by atoms with Crippen LogP contribution in [0.2, 0.25) is 0 Å². The molecule has 0 aliphatic carbocycles. The molecule has 0 spiro atoms. The smallest absolute Gasteiger partial charge is 0.306 e. The van der Waals surface area contributed by atoms with Gasteiger partial charge in [0.15, 0.2) is 12.4 Å². The summed E-state index contributed by atoms with van der Waals surface area (Å²) < 4.78 is 22.8. The van der Waals surface area contributed by atoms with Crippen LogP contribution >= 0.6 is 0 Å². The molecule has 0 heterocycles. The first-order valence-electron chi connectivity index (χ1n) is 39.9. The van der Waals surface area contributed by atoms with E-state index in [4.69, 9.17) is 18.9 Å². The first-order chi connectivity index (χ1) is 48.6. The maximum absolute atomic E-state index is 12.9. The summed E-state index contributed by atoms with van der Waals surface area (Å²) in [5.74, 6) is -2.35. The van der Waals surface area contributed by atoms with Crippen molar-refractivity contribution in [3.8, 4) is 0 Å². The van der Waals surface area contributed by atoms with Crippen molar-refractivity contribution in [3.05, 3.63) is 182 Å². The normalized spacial score (nSPS) is 13.7. The van der Waals surface area contributed by atoms with Gasteiger partial charge in [-0.1, -0.05) is 344 Å². The molecule has 0 aromatic rings. The van der Waals surface area contributed by atoms with Gasteiger partial charge in [-0.2, -0.15) is 0 Å². The van der Waals surface area contributed by atoms with Gasteiger partial charge in [-0.15, -0.1) is 0 Å². The zero-order valence-corrected chi connectivity index (χ0v) is 64.0. The Balaban J connectivity index is 4.10. The molecule has 0 aromatic carbocycles. The Morgan fingerprint density at radius 3 is 0.828 bits per heavy atom. The van der Waals surface area contributed by atoms with Crippen LogP contribution in [0.1, 0.15) is 309 Å². The summed E-state index contributed by atoms with van der Waals surface area (Å²) in [4.78, 5) is 37.6. The Kier molecular flexibility index (Phi) is 73.7. The average Bonchev–Trinajstić information content (AvgIpc) is 1.57. The largest absolute Gasteiger partial charge is 0.545 e. The third-order valence-electron chi connectivity index (χ3n) is 16.6. The van der Waals surface area contributed by atoms with E-state index >= 15 is 0 Å². The van der Waals surface area contributed by atoms with Gasteiger partial charge in [0.25, 0.3) is 0 Å². The lowest BCUT2D eigenvalue weighted by molar-refractivity contribution is -0.870. The minimum atomic E-state index is -1.64. The number of aliphatic carboxylic acids is 1. The van der Waals surface area contributed by atoms with Crippen molar-refractivity contribution < 1.29 is 42.9 Å². The number of rotatable bonds is 72. The number of hydrogen-bond acceptors (Lipinski definition) is 8. The highest BCUT2D eigenvalue weighted by Crippen LogP contribution is 2.18. The molecule has 99 heavy (non-hydrogen) atoms. The Morgan fingerprint density at radius 1 is 0.303 bits per heavy atom. The van der Waals surface area contributed by atoms with Crippen molar-refractivity contribution in [2.24, 2.45) is 0 Å². The van der Waals surface area contributed by atoms with Gasteiger partial charge in [-0.25, -0.2) is 0 Å². The number of carbonyl (C=O) groups excluding carboxylic acids is 3. The van der Waals surface area contributed by atoms with Crippen LogP contribution in [0.15, 0.2) is 182 Å². The maximum atomic E-state index is 12.9. The molecule has 0 radical (unpaired) electrons. The number of carboxylic acid groups (broad SMARTS) is 1. The van der Waals surface area contributed by atoms with Crippen molar-refractivity contribution in [3.63, 3.8) is 0 Å². The average molecular weight is 1370 g/mol. The molecule has 9 nitrogen and oxygen atoms in total. The molecule has 0 fully saturated rings. The first-order valence-corrected chi connectivity index (χ1v) is 39.9. The van der Waals surface area contributed by atoms with Crippen LogP contribution < -0.4 is 5.11 Å². The topological polar surface area (TPSA) is 111 Å². The first kappa shape index (κ1) is 93.4. The lowest BCUT2D eigenvalue weighted by atomic mass is 10.0. The summed E-state index contributed by atoms with van der Waals surface area (Å²) in [6, 6.07) is 0. The molecule has 0 saturated carbocycles. The van der Waals surface area contributed by atoms with E-state index in [1.165, 1.54) is 148 Å². The fraction of sp³-hybridized carbons (Fsp3) is 0.633. The molecule has 0 amide bonds. The minimum Gasteiger partial charge on any atom is -0.545 e. The van der Waals surface area contributed by atoms with Gasteiger partial charge in [0.1, 0.15) is 13.2 Å². The summed E-state index contributed by atoms with van der Waals surface area (Å²) in [5.41, 5.74) is 0. The van der Waals surface area contributed by atoms with Gasteiger partial charge in [-0.3, -0.25) is 9.59 Å². The number of allylic oxidation sites excluding steroid dienone is 30. The number of carboxylic acids is 1. The highest BCUT2D eigenvalue weighted by Gasteiger charge is 2.22. The number of hydrogen-bond donors (Lipinski definition) is 0. The van der Waals surface area contributed by atoms with E-state index in [9.17, 15) is 19.5 Å². The zero-order valence-electron chi connectivity index (χ0n) is 64.0. The van der Waals surface area contributed by atoms with Crippen LogP contribution in [0, 0.1) is 0 Å². The van der Waals surface area contributed by atoms with E-state index in [1.807, 2.05) is 21.1 Å². The second-order valence-corrected chi connectivity index (χ2v) is 27.2. The molecule has 0 N–H and O–H groups in total. The Hall–Kier alpha value is -5.61. The monoisotopic (exact) mass is 1370 g/mol. The zero-order chi connectivity index (χ0) is 71.8. The van der Waals surface area contributed by atoms with Crippen molar-refractivity contribution in [2.75, 3.05) is 47.5 Å². The fourth-order valence-electron chi connectivity index (χ4n) is 10.7. The van der Waals surface area contributed by atoms with Crippen molar-refractivity contribution >= 4 is 17.9 Å².